The fourth-order valence-electron chi connectivity index (χ4n) is 3.83. The van der Waals surface area contributed by atoms with E-state index in [0.29, 0.717) is 30.8 Å². The lowest BCUT2D eigenvalue weighted by Gasteiger charge is -2.31. The summed E-state index contributed by atoms with van der Waals surface area (Å²) < 4.78 is 16.7. The molecule has 3 rings (SSSR count). The smallest absolute Gasteiger partial charge is 0.331 e. The van der Waals surface area contributed by atoms with Crippen LogP contribution in [0.3, 0.4) is 0 Å². The molecule has 3 aromatic rings. The van der Waals surface area contributed by atoms with Gasteiger partial charge in [0.05, 0.1) is 6.61 Å². The molecule has 1 amide bonds. The third-order valence-corrected chi connectivity index (χ3v) is 5.85. The predicted molar refractivity (Wildman–Crippen MR) is 134 cm³/mol. The summed E-state index contributed by atoms with van der Waals surface area (Å²) in [5.41, 5.74) is 1.77. The molecule has 0 fully saturated rings. The summed E-state index contributed by atoms with van der Waals surface area (Å²) in [4.78, 5) is 28.9. The number of benzene rings is 2. The molecule has 2 aromatic carbocycles. The van der Waals surface area contributed by atoms with Crippen molar-refractivity contribution in [3.05, 3.63) is 66.2 Å². The van der Waals surface area contributed by atoms with Crippen molar-refractivity contribution in [2.24, 2.45) is 0 Å². The SMILES string of the molecule is CCOC(=O)C(CC)(CCc1ccc(Oc2ccc(-c3coc(C(C)C)n3)cc2)cc1)NC(C)=O. The molecule has 1 N–H and O–H groups in total. The van der Waals surface area contributed by atoms with Gasteiger partial charge in [0, 0.05) is 18.4 Å². The van der Waals surface area contributed by atoms with E-state index < -0.39 is 11.5 Å². The van der Waals surface area contributed by atoms with Crippen molar-refractivity contribution in [3.63, 3.8) is 0 Å². The number of nitrogens with one attached hydrogen (secondary N) is 1. The average molecular weight is 479 g/mol. The highest BCUT2D eigenvalue weighted by atomic mass is 16.5. The Labute approximate surface area is 206 Å². The molecule has 7 heteroatoms. The second-order valence-corrected chi connectivity index (χ2v) is 8.83. The zero-order chi connectivity index (χ0) is 25.4. The Kier molecular flexibility index (Phi) is 8.68. The van der Waals surface area contributed by atoms with Gasteiger partial charge in [-0.25, -0.2) is 9.78 Å². The molecule has 186 valence electrons. The first-order chi connectivity index (χ1) is 16.8. The van der Waals surface area contributed by atoms with Gasteiger partial charge in [-0.15, -0.1) is 0 Å². The van der Waals surface area contributed by atoms with Crippen LogP contribution in [0, 0.1) is 0 Å². The van der Waals surface area contributed by atoms with Crippen molar-refractivity contribution in [1.29, 1.82) is 0 Å². The van der Waals surface area contributed by atoms with Crippen LogP contribution in [0.4, 0.5) is 0 Å². The third-order valence-electron chi connectivity index (χ3n) is 5.85. The average Bonchev–Trinajstić information content (AvgIpc) is 3.34. The van der Waals surface area contributed by atoms with Gasteiger partial charge in [-0.2, -0.15) is 0 Å². The molecule has 1 heterocycles. The van der Waals surface area contributed by atoms with Gasteiger partial charge in [-0.3, -0.25) is 4.79 Å². The number of amides is 1. The number of aryl methyl sites for hydroxylation is 1. The summed E-state index contributed by atoms with van der Waals surface area (Å²) >= 11 is 0. The van der Waals surface area contributed by atoms with Crippen LogP contribution in [0.5, 0.6) is 11.5 Å². The highest BCUT2D eigenvalue weighted by Gasteiger charge is 2.38. The molecule has 0 bridgehead atoms. The maximum atomic E-state index is 12.6. The minimum atomic E-state index is -1.03. The molecule has 0 saturated carbocycles. The minimum Gasteiger partial charge on any atom is -0.464 e. The standard InChI is InChI=1S/C28H34N2O5/c1-6-28(30-20(5)31,27(32)33-7-2)17-16-21-8-12-23(13-9-21)35-24-14-10-22(11-15-24)25-18-34-26(29-25)19(3)4/h8-15,18-19H,6-7,16-17H2,1-5H3,(H,30,31). The normalized spacial score (nSPS) is 12.7. The summed E-state index contributed by atoms with van der Waals surface area (Å²) in [5, 5.41) is 2.82. The number of oxazole rings is 1. The number of aromatic nitrogens is 1. The Hall–Kier alpha value is -3.61. The number of carbonyl (C=O) groups excluding carboxylic acids is 2. The van der Waals surface area contributed by atoms with Crippen molar-refractivity contribution >= 4 is 11.9 Å². The van der Waals surface area contributed by atoms with E-state index in [-0.39, 0.29) is 18.4 Å². The molecular formula is C28H34N2O5. The van der Waals surface area contributed by atoms with E-state index in [9.17, 15) is 9.59 Å². The van der Waals surface area contributed by atoms with Gasteiger partial charge in [0.2, 0.25) is 5.91 Å². The molecule has 7 nitrogen and oxygen atoms in total. The number of hydrogen-bond acceptors (Lipinski definition) is 6. The summed E-state index contributed by atoms with van der Waals surface area (Å²) in [6.07, 6.45) is 3.18. The zero-order valence-corrected chi connectivity index (χ0v) is 21.1. The summed E-state index contributed by atoms with van der Waals surface area (Å²) in [6, 6.07) is 15.4. The molecule has 0 aliphatic carbocycles. The molecule has 0 saturated heterocycles. The Morgan fingerprint density at radius 1 is 1.03 bits per heavy atom. The Bertz CT molecular complexity index is 1120. The van der Waals surface area contributed by atoms with Gasteiger partial charge >= 0.3 is 5.97 Å². The zero-order valence-electron chi connectivity index (χ0n) is 21.1. The van der Waals surface area contributed by atoms with Crippen LogP contribution in [0.2, 0.25) is 0 Å². The van der Waals surface area contributed by atoms with Crippen LogP contribution in [-0.4, -0.2) is 29.0 Å². The topological polar surface area (TPSA) is 90.7 Å². The van der Waals surface area contributed by atoms with Gasteiger partial charge in [0.1, 0.15) is 29.0 Å². The van der Waals surface area contributed by atoms with Gasteiger partial charge in [0.15, 0.2) is 5.89 Å². The van der Waals surface area contributed by atoms with Crippen LogP contribution in [-0.2, 0) is 20.7 Å². The second kappa shape index (κ2) is 11.7. The first-order valence-corrected chi connectivity index (χ1v) is 12.0. The molecular weight excluding hydrogens is 444 g/mol. The third kappa shape index (κ3) is 6.72. The first-order valence-electron chi connectivity index (χ1n) is 12.0. The number of carbonyl (C=O) groups is 2. The minimum absolute atomic E-state index is 0.239. The largest absolute Gasteiger partial charge is 0.464 e. The summed E-state index contributed by atoms with van der Waals surface area (Å²) in [6.45, 7) is 9.40. The van der Waals surface area contributed by atoms with E-state index in [4.69, 9.17) is 13.9 Å². The van der Waals surface area contributed by atoms with Crippen molar-refractivity contribution < 1.29 is 23.5 Å². The Balaban J connectivity index is 1.63. The van der Waals surface area contributed by atoms with Crippen LogP contribution >= 0.6 is 0 Å². The van der Waals surface area contributed by atoms with E-state index >= 15 is 0 Å². The molecule has 1 aromatic heterocycles. The van der Waals surface area contributed by atoms with Crippen molar-refractivity contribution in [2.45, 2.75) is 65.3 Å². The highest BCUT2D eigenvalue weighted by Crippen LogP contribution is 2.28. The Morgan fingerprint density at radius 2 is 1.66 bits per heavy atom. The van der Waals surface area contributed by atoms with Gasteiger partial charge in [0.25, 0.3) is 0 Å². The van der Waals surface area contributed by atoms with Crippen LogP contribution in [0.1, 0.15) is 64.8 Å². The second-order valence-electron chi connectivity index (χ2n) is 8.83. The monoisotopic (exact) mass is 478 g/mol. The first kappa shape index (κ1) is 26.0. The van der Waals surface area contributed by atoms with E-state index in [0.717, 1.165) is 22.7 Å². The fraction of sp³-hybridized carbons (Fsp3) is 0.393. The molecule has 0 spiro atoms. The van der Waals surface area contributed by atoms with Crippen LogP contribution in [0.25, 0.3) is 11.3 Å². The number of hydrogen-bond donors (Lipinski definition) is 1. The van der Waals surface area contributed by atoms with Crippen molar-refractivity contribution in [3.8, 4) is 22.8 Å². The maximum Gasteiger partial charge on any atom is 0.331 e. The number of ether oxygens (including phenoxy) is 2. The molecule has 35 heavy (non-hydrogen) atoms. The van der Waals surface area contributed by atoms with E-state index in [1.54, 1.807) is 13.2 Å². The number of rotatable bonds is 11. The van der Waals surface area contributed by atoms with E-state index in [2.05, 4.69) is 10.3 Å². The molecule has 0 aliphatic rings. The van der Waals surface area contributed by atoms with Crippen LogP contribution < -0.4 is 10.1 Å². The predicted octanol–water partition coefficient (Wildman–Crippen LogP) is 6.04. The highest BCUT2D eigenvalue weighted by molar-refractivity contribution is 5.87. The van der Waals surface area contributed by atoms with E-state index in [1.807, 2.05) is 69.3 Å². The number of esters is 1. The lowest BCUT2D eigenvalue weighted by Crippen LogP contribution is -2.54. The molecule has 0 aliphatic heterocycles. The van der Waals surface area contributed by atoms with Crippen LogP contribution in [0.15, 0.2) is 59.2 Å². The van der Waals surface area contributed by atoms with Gasteiger partial charge in [-0.1, -0.05) is 32.9 Å². The fourth-order valence-corrected chi connectivity index (χ4v) is 3.83. The van der Waals surface area contributed by atoms with Gasteiger partial charge < -0.3 is 19.2 Å². The van der Waals surface area contributed by atoms with Crippen molar-refractivity contribution in [2.75, 3.05) is 6.61 Å². The lowest BCUT2D eigenvalue weighted by atomic mass is 9.88. The molecule has 0 radical (unpaired) electrons. The quantitative estimate of drug-likeness (QED) is 0.338. The number of nitrogens with zero attached hydrogens (tertiary/aromatic N) is 1. The summed E-state index contributed by atoms with van der Waals surface area (Å²) in [5.74, 6) is 1.73. The van der Waals surface area contributed by atoms with E-state index in [1.165, 1.54) is 6.92 Å². The van der Waals surface area contributed by atoms with Crippen molar-refractivity contribution in [1.82, 2.24) is 10.3 Å². The summed E-state index contributed by atoms with van der Waals surface area (Å²) in [7, 11) is 0. The maximum absolute atomic E-state index is 12.6. The molecule has 1 atom stereocenters. The van der Waals surface area contributed by atoms with Gasteiger partial charge in [-0.05, 0) is 68.1 Å². The Morgan fingerprint density at radius 3 is 2.17 bits per heavy atom. The molecule has 1 unspecified atom stereocenters. The lowest BCUT2D eigenvalue weighted by molar-refractivity contribution is -0.153.